The van der Waals surface area contributed by atoms with Gasteiger partial charge in [-0.05, 0) is 37.0 Å². The summed E-state index contributed by atoms with van der Waals surface area (Å²) in [5.74, 6) is 0.238. The average Bonchev–Trinajstić information content (AvgIpc) is 3.23. The summed E-state index contributed by atoms with van der Waals surface area (Å²) in [6, 6.07) is 3.82. The number of hydrogen-bond donors (Lipinski definition) is 1. The van der Waals surface area contributed by atoms with Gasteiger partial charge in [-0.1, -0.05) is 13.8 Å². The van der Waals surface area contributed by atoms with Crippen molar-refractivity contribution in [2.45, 2.75) is 46.2 Å². The molecule has 2 amide bonds. The number of nitrogens with zero attached hydrogens (tertiary/aromatic N) is 3. The number of carbonyl (C=O) groups excluding carboxylic acids is 2. The van der Waals surface area contributed by atoms with Gasteiger partial charge in [-0.15, -0.1) is 11.3 Å². The van der Waals surface area contributed by atoms with Crippen molar-refractivity contribution in [1.29, 1.82) is 0 Å². The van der Waals surface area contributed by atoms with Gasteiger partial charge >= 0.3 is 0 Å². The normalized spacial score (nSPS) is 13.9. The Hall–Kier alpha value is -2.15. The van der Waals surface area contributed by atoms with E-state index in [1.807, 2.05) is 24.0 Å². The Morgan fingerprint density at radius 1 is 1.36 bits per heavy atom. The highest BCUT2D eigenvalue weighted by Crippen LogP contribution is 2.29. The Balaban J connectivity index is 1.83. The Morgan fingerprint density at radius 3 is 2.76 bits per heavy atom. The molecule has 0 bridgehead atoms. The first-order valence-corrected chi connectivity index (χ1v) is 9.46. The van der Waals surface area contributed by atoms with Crippen LogP contribution in [-0.2, 0) is 19.5 Å². The van der Waals surface area contributed by atoms with Crippen molar-refractivity contribution >= 4 is 23.2 Å². The summed E-state index contributed by atoms with van der Waals surface area (Å²) in [5.41, 5.74) is 2.67. The second-order valence-electron chi connectivity index (χ2n) is 6.54. The maximum Gasteiger partial charge on any atom is 0.272 e. The lowest BCUT2D eigenvalue weighted by molar-refractivity contribution is 0.0723. The molecule has 7 heteroatoms. The largest absolute Gasteiger partial charge is 0.354 e. The Labute approximate surface area is 151 Å². The molecule has 25 heavy (non-hydrogen) atoms. The van der Waals surface area contributed by atoms with Gasteiger partial charge in [-0.2, -0.15) is 5.10 Å². The van der Waals surface area contributed by atoms with Gasteiger partial charge in [0.1, 0.15) is 5.69 Å². The van der Waals surface area contributed by atoms with Gasteiger partial charge in [-0.3, -0.25) is 14.3 Å². The molecule has 0 spiro atoms. The summed E-state index contributed by atoms with van der Waals surface area (Å²) in [6.45, 7) is 8.05. The summed E-state index contributed by atoms with van der Waals surface area (Å²) in [5, 5.41) is 7.20. The third-order valence-electron chi connectivity index (χ3n) is 4.51. The van der Waals surface area contributed by atoms with E-state index in [0.29, 0.717) is 36.1 Å². The molecule has 1 aliphatic rings. The van der Waals surface area contributed by atoms with E-state index in [-0.39, 0.29) is 11.8 Å². The van der Waals surface area contributed by atoms with E-state index in [4.69, 9.17) is 0 Å². The maximum atomic E-state index is 13.0. The molecule has 0 radical (unpaired) electrons. The Morgan fingerprint density at radius 2 is 2.12 bits per heavy atom. The van der Waals surface area contributed by atoms with E-state index in [9.17, 15) is 9.59 Å². The van der Waals surface area contributed by atoms with E-state index in [1.54, 1.807) is 11.7 Å². The molecule has 3 rings (SSSR count). The van der Waals surface area contributed by atoms with Crippen molar-refractivity contribution in [3.8, 4) is 0 Å². The minimum atomic E-state index is -0.0667. The second kappa shape index (κ2) is 7.00. The molecule has 0 atom stereocenters. The number of aryl methyl sites for hydroxylation is 1. The van der Waals surface area contributed by atoms with Crippen LogP contribution in [0.1, 0.15) is 63.0 Å². The lowest BCUT2D eigenvalue weighted by Crippen LogP contribution is -2.36. The predicted molar refractivity (Wildman–Crippen MR) is 98.1 cm³/mol. The van der Waals surface area contributed by atoms with Crippen molar-refractivity contribution in [1.82, 2.24) is 20.0 Å². The lowest BCUT2D eigenvalue weighted by Gasteiger charge is -2.27. The zero-order valence-corrected chi connectivity index (χ0v) is 15.9. The summed E-state index contributed by atoms with van der Waals surface area (Å²) < 4.78 is 1.79. The molecule has 0 saturated carbocycles. The van der Waals surface area contributed by atoms with Crippen LogP contribution in [0.15, 0.2) is 12.1 Å². The van der Waals surface area contributed by atoms with E-state index in [1.165, 1.54) is 16.2 Å². The van der Waals surface area contributed by atoms with Gasteiger partial charge in [0.25, 0.3) is 11.8 Å². The van der Waals surface area contributed by atoms with Gasteiger partial charge in [-0.25, -0.2) is 0 Å². The molecule has 0 aromatic carbocycles. The molecule has 1 N–H and O–H groups in total. The van der Waals surface area contributed by atoms with E-state index in [2.05, 4.69) is 24.3 Å². The van der Waals surface area contributed by atoms with Gasteiger partial charge in [0, 0.05) is 31.6 Å². The average molecular weight is 360 g/mol. The number of aromatic nitrogens is 2. The van der Waals surface area contributed by atoms with Crippen LogP contribution in [0.4, 0.5) is 0 Å². The minimum absolute atomic E-state index is 0.0135. The molecule has 0 unspecified atom stereocenters. The minimum Gasteiger partial charge on any atom is -0.354 e. The van der Waals surface area contributed by atoms with Gasteiger partial charge in [0.2, 0.25) is 0 Å². The number of thiophene rings is 1. The van der Waals surface area contributed by atoms with Crippen LogP contribution in [0.3, 0.4) is 0 Å². The number of hydrogen-bond acceptors (Lipinski definition) is 4. The van der Waals surface area contributed by atoms with Crippen molar-refractivity contribution in [2.75, 3.05) is 13.6 Å². The quantitative estimate of drug-likeness (QED) is 0.911. The van der Waals surface area contributed by atoms with Gasteiger partial charge in [0.15, 0.2) is 0 Å². The van der Waals surface area contributed by atoms with Crippen molar-refractivity contribution in [2.24, 2.45) is 0 Å². The maximum absolute atomic E-state index is 13.0. The van der Waals surface area contributed by atoms with Crippen molar-refractivity contribution < 1.29 is 9.59 Å². The fourth-order valence-electron chi connectivity index (χ4n) is 3.04. The first-order valence-electron chi connectivity index (χ1n) is 8.65. The van der Waals surface area contributed by atoms with Gasteiger partial charge < -0.3 is 10.2 Å². The highest BCUT2D eigenvalue weighted by molar-refractivity contribution is 7.14. The van der Waals surface area contributed by atoms with E-state index in [0.717, 1.165) is 17.7 Å². The Bertz CT molecular complexity index is 806. The highest BCUT2D eigenvalue weighted by Gasteiger charge is 2.27. The standard InChI is InChI=1S/C18H24N4O2S/c1-5-22-14(9-13(20-22)11(2)3)18(24)21-7-6-15-12(10-21)8-16(25-15)17(23)19-4/h8-9,11H,5-7,10H2,1-4H3,(H,19,23). The van der Waals surface area contributed by atoms with Crippen LogP contribution in [0.2, 0.25) is 0 Å². The zero-order chi connectivity index (χ0) is 18.1. The summed E-state index contributed by atoms with van der Waals surface area (Å²) in [4.78, 5) is 28.6. The zero-order valence-electron chi connectivity index (χ0n) is 15.1. The van der Waals surface area contributed by atoms with Gasteiger partial charge in [0.05, 0.1) is 10.6 Å². The van der Waals surface area contributed by atoms with Crippen molar-refractivity contribution in [3.05, 3.63) is 38.8 Å². The van der Waals surface area contributed by atoms with Crippen LogP contribution in [-0.4, -0.2) is 40.1 Å². The fraction of sp³-hybridized carbons (Fsp3) is 0.500. The number of nitrogens with one attached hydrogen (secondary N) is 1. The monoisotopic (exact) mass is 360 g/mol. The van der Waals surface area contributed by atoms with Crippen LogP contribution in [0, 0.1) is 0 Å². The SMILES string of the molecule is CCn1nc(C(C)C)cc1C(=O)N1CCc2sc(C(=O)NC)cc2C1. The third kappa shape index (κ3) is 3.33. The van der Waals surface area contributed by atoms with Crippen molar-refractivity contribution in [3.63, 3.8) is 0 Å². The summed E-state index contributed by atoms with van der Waals surface area (Å²) >= 11 is 1.53. The molecule has 0 aliphatic carbocycles. The number of rotatable bonds is 4. The summed E-state index contributed by atoms with van der Waals surface area (Å²) in [7, 11) is 1.63. The molecule has 2 aromatic heterocycles. The topological polar surface area (TPSA) is 67.2 Å². The highest BCUT2D eigenvalue weighted by atomic mass is 32.1. The molecule has 1 aliphatic heterocycles. The Kier molecular flexibility index (Phi) is 4.94. The van der Waals surface area contributed by atoms with Crippen LogP contribution in [0.25, 0.3) is 0 Å². The lowest BCUT2D eigenvalue weighted by atomic mass is 10.1. The number of fused-ring (bicyclic) bond motifs is 1. The molecule has 134 valence electrons. The van der Waals surface area contributed by atoms with Crippen LogP contribution in [0.5, 0.6) is 0 Å². The number of carbonyl (C=O) groups is 2. The smallest absolute Gasteiger partial charge is 0.272 e. The fourth-order valence-corrected chi connectivity index (χ4v) is 4.14. The molecule has 0 saturated heterocycles. The first-order chi connectivity index (χ1) is 11.9. The molecule has 2 aromatic rings. The molecular formula is C18H24N4O2S. The molecule has 6 nitrogen and oxygen atoms in total. The van der Waals surface area contributed by atoms with Crippen LogP contribution >= 0.6 is 11.3 Å². The number of amides is 2. The molecular weight excluding hydrogens is 336 g/mol. The van der Waals surface area contributed by atoms with E-state index < -0.39 is 0 Å². The second-order valence-corrected chi connectivity index (χ2v) is 7.68. The third-order valence-corrected chi connectivity index (χ3v) is 5.75. The molecule has 0 fully saturated rings. The summed E-state index contributed by atoms with van der Waals surface area (Å²) in [6.07, 6.45) is 0.792. The van der Waals surface area contributed by atoms with E-state index >= 15 is 0 Å². The van der Waals surface area contributed by atoms with Crippen LogP contribution < -0.4 is 5.32 Å². The first kappa shape index (κ1) is 17.7. The predicted octanol–water partition coefficient (Wildman–Crippen LogP) is 2.65. The molecule has 3 heterocycles.